The normalized spacial score (nSPS) is 20.8. The smallest absolute Gasteiger partial charge is 0.317 e. The average Bonchev–Trinajstić information content (AvgIpc) is 3.28. The molecule has 3 heterocycles. The molecule has 0 spiro atoms. The minimum Gasteiger partial charge on any atom is -0.353 e. The van der Waals surface area contributed by atoms with Gasteiger partial charge in [-0.15, -0.1) is 10.2 Å². The van der Waals surface area contributed by atoms with Gasteiger partial charge in [-0.3, -0.25) is 14.5 Å². The molecule has 1 aromatic heterocycles. The zero-order valence-electron chi connectivity index (χ0n) is 15.7. The van der Waals surface area contributed by atoms with E-state index in [1.165, 1.54) is 11.3 Å². The van der Waals surface area contributed by atoms with Crippen molar-refractivity contribution in [3.05, 3.63) is 5.01 Å². The first kappa shape index (κ1) is 19.5. The second kappa shape index (κ2) is 8.64. The predicted octanol–water partition coefficient (Wildman–Crippen LogP) is 0.764. The molecule has 2 saturated heterocycles. The summed E-state index contributed by atoms with van der Waals surface area (Å²) in [5.41, 5.74) is 0. The Balaban J connectivity index is 1.49. The van der Waals surface area contributed by atoms with Crippen molar-refractivity contribution in [3.8, 4) is 0 Å². The molecular formula is C17H26N6O3S. The number of amides is 4. The number of piperidine rings is 1. The Morgan fingerprint density at radius 3 is 2.59 bits per heavy atom. The van der Waals surface area contributed by atoms with Crippen molar-refractivity contribution >= 4 is 34.3 Å². The Bertz CT molecular complexity index is 701. The van der Waals surface area contributed by atoms with Gasteiger partial charge < -0.3 is 15.5 Å². The number of rotatable bonds is 5. The first-order valence-electron chi connectivity index (χ1n) is 9.47. The second-order valence-corrected chi connectivity index (χ2v) is 7.88. The van der Waals surface area contributed by atoms with Gasteiger partial charge in [0, 0.05) is 38.6 Å². The summed E-state index contributed by atoms with van der Waals surface area (Å²) >= 11 is 1.40. The van der Waals surface area contributed by atoms with E-state index in [2.05, 4.69) is 20.8 Å². The number of nitrogens with one attached hydrogen (secondary N) is 2. The fourth-order valence-electron chi connectivity index (χ4n) is 3.37. The van der Waals surface area contributed by atoms with Crippen molar-refractivity contribution < 1.29 is 14.4 Å². The number of carbonyl (C=O) groups excluding carboxylic acids is 3. The Kier molecular flexibility index (Phi) is 6.25. The molecule has 1 aromatic rings. The molecule has 10 heteroatoms. The summed E-state index contributed by atoms with van der Waals surface area (Å²) in [7, 11) is 0. The van der Waals surface area contributed by atoms with Crippen LogP contribution in [0.3, 0.4) is 0 Å². The van der Waals surface area contributed by atoms with Crippen LogP contribution >= 0.6 is 11.3 Å². The third-order valence-electron chi connectivity index (χ3n) is 4.94. The zero-order valence-corrected chi connectivity index (χ0v) is 16.5. The molecule has 2 fully saturated rings. The highest BCUT2D eigenvalue weighted by molar-refractivity contribution is 7.15. The summed E-state index contributed by atoms with van der Waals surface area (Å²) in [4.78, 5) is 40.1. The summed E-state index contributed by atoms with van der Waals surface area (Å²) in [5.74, 6) is -0.546. The maximum absolute atomic E-state index is 12.6. The molecule has 0 radical (unpaired) electrons. The number of hydrogen-bond acceptors (Lipinski definition) is 6. The van der Waals surface area contributed by atoms with Crippen LogP contribution in [0.15, 0.2) is 0 Å². The molecular weight excluding hydrogens is 368 g/mol. The summed E-state index contributed by atoms with van der Waals surface area (Å²) in [6.07, 6.45) is 2.43. The van der Waals surface area contributed by atoms with Crippen molar-refractivity contribution in [3.63, 3.8) is 0 Å². The lowest BCUT2D eigenvalue weighted by molar-refractivity contribution is -0.127. The molecule has 0 aliphatic carbocycles. The van der Waals surface area contributed by atoms with E-state index in [-0.39, 0.29) is 36.2 Å². The Morgan fingerprint density at radius 2 is 1.96 bits per heavy atom. The van der Waals surface area contributed by atoms with E-state index in [4.69, 9.17) is 0 Å². The van der Waals surface area contributed by atoms with E-state index >= 15 is 0 Å². The lowest BCUT2D eigenvalue weighted by Crippen LogP contribution is -2.50. The van der Waals surface area contributed by atoms with Crippen LogP contribution in [0.2, 0.25) is 0 Å². The summed E-state index contributed by atoms with van der Waals surface area (Å²) < 4.78 is 0. The van der Waals surface area contributed by atoms with Crippen LogP contribution in [0.25, 0.3) is 0 Å². The summed E-state index contributed by atoms with van der Waals surface area (Å²) in [5, 5.41) is 15.4. The van der Waals surface area contributed by atoms with E-state index in [0.717, 1.165) is 24.3 Å². The molecule has 148 valence electrons. The monoisotopic (exact) mass is 394 g/mol. The Morgan fingerprint density at radius 1 is 1.22 bits per heavy atom. The maximum Gasteiger partial charge on any atom is 0.317 e. The van der Waals surface area contributed by atoms with Crippen molar-refractivity contribution in [2.24, 2.45) is 5.92 Å². The van der Waals surface area contributed by atoms with Gasteiger partial charge in [0.15, 0.2) is 0 Å². The number of hydrogen-bond donors (Lipinski definition) is 2. The van der Waals surface area contributed by atoms with E-state index in [1.54, 1.807) is 9.80 Å². The number of nitrogens with zero attached hydrogens (tertiary/aromatic N) is 4. The fourth-order valence-corrected chi connectivity index (χ4v) is 4.18. The van der Waals surface area contributed by atoms with E-state index in [9.17, 15) is 14.4 Å². The molecule has 4 amide bonds. The molecule has 2 aliphatic rings. The largest absolute Gasteiger partial charge is 0.353 e. The van der Waals surface area contributed by atoms with Gasteiger partial charge in [0.05, 0.1) is 5.92 Å². The minimum absolute atomic E-state index is 0.0422. The molecule has 3 rings (SSSR count). The maximum atomic E-state index is 12.6. The van der Waals surface area contributed by atoms with Crippen LogP contribution in [0.4, 0.5) is 9.93 Å². The van der Waals surface area contributed by atoms with Crippen LogP contribution in [-0.4, -0.2) is 65.2 Å². The lowest BCUT2D eigenvalue weighted by Gasteiger charge is -2.32. The van der Waals surface area contributed by atoms with Gasteiger partial charge in [-0.05, 0) is 26.2 Å². The van der Waals surface area contributed by atoms with Gasteiger partial charge in [-0.2, -0.15) is 0 Å². The number of anilines is 1. The van der Waals surface area contributed by atoms with Crippen molar-refractivity contribution in [1.29, 1.82) is 0 Å². The van der Waals surface area contributed by atoms with Crippen LogP contribution in [0, 0.1) is 5.92 Å². The van der Waals surface area contributed by atoms with Crippen LogP contribution in [0.1, 0.15) is 38.1 Å². The summed E-state index contributed by atoms with van der Waals surface area (Å²) in [6, 6.07) is -0.0108. The first-order chi connectivity index (χ1) is 13.0. The van der Waals surface area contributed by atoms with Gasteiger partial charge in [0.25, 0.3) is 0 Å². The Hall–Kier alpha value is -2.23. The molecule has 0 bridgehead atoms. The first-order valence-corrected chi connectivity index (χ1v) is 10.3. The van der Waals surface area contributed by atoms with E-state index in [1.807, 2.05) is 13.8 Å². The number of aryl methyl sites for hydroxylation is 1. The van der Waals surface area contributed by atoms with Crippen LogP contribution in [-0.2, 0) is 16.0 Å². The van der Waals surface area contributed by atoms with E-state index in [0.29, 0.717) is 31.3 Å². The molecule has 2 aliphatic heterocycles. The van der Waals surface area contributed by atoms with Gasteiger partial charge >= 0.3 is 6.03 Å². The molecule has 0 saturated carbocycles. The van der Waals surface area contributed by atoms with Crippen molar-refractivity contribution in [2.45, 2.75) is 45.6 Å². The highest BCUT2D eigenvalue weighted by Gasteiger charge is 2.37. The highest BCUT2D eigenvalue weighted by Crippen LogP contribution is 2.28. The number of urea groups is 1. The van der Waals surface area contributed by atoms with Crippen molar-refractivity contribution in [1.82, 2.24) is 25.7 Å². The van der Waals surface area contributed by atoms with Crippen molar-refractivity contribution in [2.75, 3.05) is 31.1 Å². The predicted molar refractivity (Wildman–Crippen MR) is 102 cm³/mol. The van der Waals surface area contributed by atoms with Gasteiger partial charge in [0.1, 0.15) is 5.01 Å². The van der Waals surface area contributed by atoms with Gasteiger partial charge in [-0.25, -0.2) is 4.79 Å². The fraction of sp³-hybridized carbons (Fsp3) is 0.706. The molecule has 2 N–H and O–H groups in total. The summed E-state index contributed by atoms with van der Waals surface area (Å²) in [6.45, 7) is 6.08. The number of likely N-dealkylation sites (tertiary alicyclic amines) is 1. The SMILES string of the molecule is CCNC(=O)N1CCC(NC(=O)C2CC(=O)N(c3nnc(CC)s3)C2)CC1. The molecule has 0 aromatic carbocycles. The molecule has 27 heavy (non-hydrogen) atoms. The minimum atomic E-state index is -0.368. The lowest BCUT2D eigenvalue weighted by atomic mass is 10.0. The Labute approximate surface area is 162 Å². The second-order valence-electron chi connectivity index (χ2n) is 6.84. The highest BCUT2D eigenvalue weighted by atomic mass is 32.1. The van der Waals surface area contributed by atoms with Gasteiger partial charge in [-0.1, -0.05) is 18.3 Å². The molecule has 1 atom stereocenters. The van der Waals surface area contributed by atoms with Gasteiger partial charge in [0.2, 0.25) is 16.9 Å². The van der Waals surface area contributed by atoms with Crippen LogP contribution < -0.4 is 15.5 Å². The number of carbonyl (C=O) groups is 3. The third kappa shape index (κ3) is 4.55. The molecule has 9 nitrogen and oxygen atoms in total. The van der Waals surface area contributed by atoms with Crippen LogP contribution in [0.5, 0.6) is 0 Å². The topological polar surface area (TPSA) is 108 Å². The van der Waals surface area contributed by atoms with E-state index < -0.39 is 0 Å². The number of aromatic nitrogens is 2. The zero-order chi connectivity index (χ0) is 19.4. The molecule has 1 unspecified atom stereocenters. The standard InChI is InChI=1S/C17H26N6O3S/c1-3-13-20-21-17(27-13)23-10-11(9-14(23)24)15(25)19-12-5-7-22(8-6-12)16(26)18-4-2/h11-12H,3-10H2,1-2H3,(H,18,26)(H,19,25). The quantitative estimate of drug-likeness (QED) is 0.767. The average molecular weight is 395 g/mol. The third-order valence-corrected chi connectivity index (χ3v) is 6.03.